The lowest BCUT2D eigenvalue weighted by molar-refractivity contribution is 0.102. The maximum atomic E-state index is 14.0. The molecule has 4 aromatic carbocycles. The first-order valence-electron chi connectivity index (χ1n) is 12.2. The Morgan fingerprint density at radius 2 is 1.46 bits per heavy atom. The summed E-state index contributed by atoms with van der Waals surface area (Å²) in [6, 6.07) is 33.5. The molecule has 5 rings (SSSR count). The second kappa shape index (κ2) is 10.4. The summed E-state index contributed by atoms with van der Waals surface area (Å²) in [6.45, 7) is 3.98. The third kappa shape index (κ3) is 4.78. The minimum absolute atomic E-state index is 0.0399. The van der Waals surface area contributed by atoms with Gasteiger partial charge >= 0.3 is 0 Å². The van der Waals surface area contributed by atoms with Crippen molar-refractivity contribution in [3.8, 4) is 16.9 Å². The SMILES string of the molecule is COc1ccc(C)cc1N1C(=S)N[C@@H](c2ccc(-c3ccccc3)cc2)C(C(=O)c2ccccc2)=C1C. The predicted octanol–water partition coefficient (Wildman–Crippen LogP) is 7.26. The van der Waals surface area contributed by atoms with Gasteiger partial charge in [0.2, 0.25) is 0 Å². The number of Topliss-reactive ketones (excluding diaryl/α,β-unsaturated/α-hetero) is 1. The van der Waals surface area contributed by atoms with Crippen LogP contribution < -0.4 is 15.0 Å². The maximum absolute atomic E-state index is 14.0. The fourth-order valence-electron chi connectivity index (χ4n) is 4.80. The van der Waals surface area contributed by atoms with Crippen molar-refractivity contribution in [1.29, 1.82) is 0 Å². The molecule has 0 bridgehead atoms. The molecule has 0 aliphatic carbocycles. The number of nitrogens with zero attached hydrogens (tertiary/aromatic N) is 1. The lowest BCUT2D eigenvalue weighted by atomic mass is 9.88. The van der Waals surface area contributed by atoms with Crippen LogP contribution in [0.3, 0.4) is 0 Å². The number of hydrogen-bond donors (Lipinski definition) is 1. The van der Waals surface area contributed by atoms with Gasteiger partial charge in [0, 0.05) is 16.8 Å². The van der Waals surface area contributed by atoms with E-state index in [1.807, 2.05) is 85.5 Å². The minimum Gasteiger partial charge on any atom is -0.495 e. The zero-order chi connectivity index (χ0) is 25.9. The van der Waals surface area contributed by atoms with Crippen molar-refractivity contribution >= 4 is 28.8 Å². The van der Waals surface area contributed by atoms with Crippen molar-refractivity contribution in [2.75, 3.05) is 12.0 Å². The zero-order valence-electron chi connectivity index (χ0n) is 21.1. The minimum atomic E-state index is -0.392. The molecule has 0 saturated heterocycles. The lowest BCUT2D eigenvalue weighted by Crippen LogP contribution is -2.48. The van der Waals surface area contributed by atoms with Gasteiger partial charge < -0.3 is 10.1 Å². The van der Waals surface area contributed by atoms with E-state index >= 15 is 0 Å². The highest BCUT2D eigenvalue weighted by atomic mass is 32.1. The molecule has 1 heterocycles. The number of ether oxygens (including phenoxy) is 1. The Kier molecular flexibility index (Phi) is 6.89. The smallest absolute Gasteiger partial charge is 0.193 e. The fourth-order valence-corrected chi connectivity index (χ4v) is 5.15. The third-order valence-corrected chi connectivity index (χ3v) is 6.99. The van der Waals surface area contributed by atoms with E-state index in [1.54, 1.807) is 7.11 Å². The highest BCUT2D eigenvalue weighted by molar-refractivity contribution is 7.80. The molecule has 5 heteroatoms. The number of allylic oxidation sites excluding steroid dienone is 1. The first kappa shape index (κ1) is 24.5. The van der Waals surface area contributed by atoms with Crippen molar-refractivity contribution in [2.45, 2.75) is 19.9 Å². The zero-order valence-corrected chi connectivity index (χ0v) is 21.9. The first-order valence-corrected chi connectivity index (χ1v) is 12.6. The molecule has 0 unspecified atom stereocenters. The molecule has 1 N–H and O–H groups in total. The van der Waals surface area contributed by atoms with Crippen LogP contribution >= 0.6 is 12.2 Å². The van der Waals surface area contributed by atoms with Crippen LogP contribution in [0, 0.1) is 6.92 Å². The Morgan fingerprint density at radius 3 is 2.11 bits per heavy atom. The summed E-state index contributed by atoms with van der Waals surface area (Å²) in [5.41, 5.74) is 7.16. The molecule has 1 atom stereocenters. The van der Waals surface area contributed by atoms with Crippen molar-refractivity contribution in [3.63, 3.8) is 0 Å². The molecule has 184 valence electrons. The lowest BCUT2D eigenvalue weighted by Gasteiger charge is -2.38. The average molecular weight is 505 g/mol. The van der Waals surface area contributed by atoms with Crippen LogP contribution in [0.15, 0.2) is 114 Å². The summed E-state index contributed by atoms with van der Waals surface area (Å²) in [5.74, 6) is 0.646. The normalized spacial score (nSPS) is 15.4. The molecule has 4 nitrogen and oxygen atoms in total. The predicted molar refractivity (Wildman–Crippen MR) is 154 cm³/mol. The van der Waals surface area contributed by atoms with Gasteiger partial charge in [-0.3, -0.25) is 9.69 Å². The van der Waals surface area contributed by atoms with Gasteiger partial charge in [-0.25, -0.2) is 0 Å². The number of carbonyl (C=O) groups excluding carboxylic acids is 1. The maximum Gasteiger partial charge on any atom is 0.193 e. The van der Waals surface area contributed by atoms with Crippen molar-refractivity contribution in [1.82, 2.24) is 5.32 Å². The van der Waals surface area contributed by atoms with E-state index < -0.39 is 6.04 Å². The highest BCUT2D eigenvalue weighted by Crippen LogP contribution is 2.39. The fraction of sp³-hybridized carbons (Fsp3) is 0.125. The first-order chi connectivity index (χ1) is 18.0. The van der Waals surface area contributed by atoms with Crippen molar-refractivity contribution in [3.05, 3.63) is 131 Å². The average Bonchev–Trinajstić information content (AvgIpc) is 2.93. The largest absolute Gasteiger partial charge is 0.495 e. The molecular formula is C32H28N2O2S. The molecule has 0 aromatic heterocycles. The van der Waals surface area contributed by atoms with Crippen LogP contribution in [0.5, 0.6) is 5.75 Å². The summed E-state index contributed by atoms with van der Waals surface area (Å²) in [6.07, 6.45) is 0. The summed E-state index contributed by atoms with van der Waals surface area (Å²) in [4.78, 5) is 15.9. The van der Waals surface area contributed by atoms with Crippen LogP contribution in [0.1, 0.15) is 34.5 Å². The Labute approximate surface area is 223 Å². The number of aryl methyl sites for hydroxylation is 1. The van der Waals surface area contributed by atoms with E-state index in [9.17, 15) is 4.79 Å². The third-order valence-electron chi connectivity index (χ3n) is 6.69. The van der Waals surface area contributed by atoms with Gasteiger partial charge in [-0.15, -0.1) is 0 Å². The van der Waals surface area contributed by atoms with Gasteiger partial charge in [0.25, 0.3) is 0 Å². The Morgan fingerprint density at radius 1 is 0.838 bits per heavy atom. The molecule has 0 saturated carbocycles. The standard InChI is InChI=1S/C32H28N2O2S/c1-21-14-19-28(36-3)27(20-21)34-22(2)29(31(35)26-12-8-5-9-13-26)30(33-32(34)37)25-17-15-24(16-18-25)23-10-6-4-7-11-23/h4-20,30H,1-3H3,(H,33,37)/t30-/m0/s1. The highest BCUT2D eigenvalue weighted by Gasteiger charge is 2.35. The molecule has 0 fully saturated rings. The number of thiocarbonyl (C=S) groups is 1. The van der Waals surface area contributed by atoms with E-state index in [0.717, 1.165) is 33.6 Å². The number of rotatable bonds is 6. The Bertz CT molecular complexity index is 1480. The number of ketones is 1. The Hall–Kier alpha value is -4.22. The number of benzene rings is 4. The second-order valence-corrected chi connectivity index (χ2v) is 9.46. The quantitative estimate of drug-likeness (QED) is 0.221. The summed E-state index contributed by atoms with van der Waals surface area (Å²) in [7, 11) is 1.64. The summed E-state index contributed by atoms with van der Waals surface area (Å²) < 4.78 is 5.66. The van der Waals surface area contributed by atoms with Crippen molar-refractivity contribution in [2.24, 2.45) is 0 Å². The molecule has 0 amide bonds. The van der Waals surface area contributed by atoms with Gasteiger partial charge in [0.05, 0.1) is 18.8 Å². The Balaban J connectivity index is 1.64. The summed E-state index contributed by atoms with van der Waals surface area (Å²) in [5, 5.41) is 3.98. The van der Waals surface area contributed by atoms with Crippen molar-refractivity contribution < 1.29 is 9.53 Å². The molecule has 1 aliphatic heterocycles. The van der Waals surface area contributed by atoms with E-state index in [-0.39, 0.29) is 5.78 Å². The van der Waals surface area contributed by atoms with Crippen LogP contribution in [0.4, 0.5) is 5.69 Å². The van der Waals surface area contributed by atoms with Gasteiger partial charge in [0.1, 0.15) is 5.75 Å². The van der Waals surface area contributed by atoms with Gasteiger partial charge in [-0.05, 0) is 60.5 Å². The van der Waals surface area contributed by atoms with E-state index in [4.69, 9.17) is 17.0 Å². The number of methoxy groups -OCH3 is 1. The van der Waals surface area contributed by atoms with Gasteiger partial charge in [0.15, 0.2) is 10.9 Å². The molecule has 4 aromatic rings. The molecule has 0 radical (unpaired) electrons. The van der Waals surface area contributed by atoms with Gasteiger partial charge in [-0.1, -0.05) is 91.0 Å². The van der Waals surface area contributed by atoms with Crippen LogP contribution in [-0.2, 0) is 0 Å². The molecule has 37 heavy (non-hydrogen) atoms. The number of nitrogens with one attached hydrogen (secondary N) is 1. The van der Waals surface area contributed by atoms with Crippen LogP contribution in [0.2, 0.25) is 0 Å². The second-order valence-electron chi connectivity index (χ2n) is 9.08. The molecule has 1 aliphatic rings. The van der Waals surface area contributed by atoms with Crippen LogP contribution in [-0.4, -0.2) is 18.0 Å². The topological polar surface area (TPSA) is 41.6 Å². The van der Waals surface area contributed by atoms with E-state index in [2.05, 4.69) is 41.7 Å². The summed E-state index contributed by atoms with van der Waals surface area (Å²) >= 11 is 5.89. The number of carbonyl (C=O) groups is 1. The molecular weight excluding hydrogens is 476 g/mol. The van der Waals surface area contributed by atoms with Gasteiger partial charge in [-0.2, -0.15) is 0 Å². The molecule has 0 spiro atoms. The number of hydrogen-bond acceptors (Lipinski definition) is 3. The van der Waals surface area contributed by atoms with E-state index in [1.165, 1.54) is 0 Å². The number of anilines is 1. The van der Waals surface area contributed by atoms with Crippen LogP contribution in [0.25, 0.3) is 11.1 Å². The van der Waals surface area contributed by atoms with E-state index in [0.29, 0.717) is 22.0 Å². The monoisotopic (exact) mass is 504 g/mol.